The van der Waals surface area contributed by atoms with Gasteiger partial charge in [0.15, 0.2) is 0 Å². The molecule has 0 saturated carbocycles. The molecule has 2 rings (SSSR count). The Kier molecular flexibility index (Phi) is 4.45. The summed E-state index contributed by atoms with van der Waals surface area (Å²) in [4.78, 5) is 20.5. The summed E-state index contributed by atoms with van der Waals surface area (Å²) in [6, 6.07) is 7.47. The van der Waals surface area contributed by atoms with Crippen molar-refractivity contribution >= 4 is 17.4 Å². The summed E-state index contributed by atoms with van der Waals surface area (Å²) in [5.41, 5.74) is 3.29. The Balaban J connectivity index is 2.15. The predicted molar refractivity (Wildman–Crippen MR) is 89.3 cm³/mol. The minimum Gasteiger partial charge on any atom is -0.365 e. The van der Waals surface area contributed by atoms with E-state index in [2.05, 4.69) is 20.6 Å². The number of carbonyl (C=O) groups excluding carboxylic acids is 1. The number of nitrogens with zero attached hydrogens (tertiary/aromatic N) is 2. The summed E-state index contributed by atoms with van der Waals surface area (Å²) in [6.45, 7) is 10.1. The Bertz CT molecular complexity index is 689. The molecule has 1 aromatic heterocycles. The largest absolute Gasteiger partial charge is 0.365 e. The van der Waals surface area contributed by atoms with Crippen LogP contribution < -0.4 is 10.6 Å². The Labute approximate surface area is 131 Å². The summed E-state index contributed by atoms with van der Waals surface area (Å²) in [6.07, 6.45) is 1.39. The number of nitrogens with one attached hydrogen (secondary N) is 2. The van der Waals surface area contributed by atoms with E-state index in [0.717, 1.165) is 11.3 Å². The minimum atomic E-state index is -0.248. The van der Waals surface area contributed by atoms with Gasteiger partial charge in [-0.3, -0.25) is 4.79 Å². The van der Waals surface area contributed by atoms with Crippen molar-refractivity contribution in [2.45, 2.75) is 40.2 Å². The van der Waals surface area contributed by atoms with Crippen LogP contribution in [0.2, 0.25) is 0 Å². The summed E-state index contributed by atoms with van der Waals surface area (Å²) in [5.74, 6) is 0.385. The highest BCUT2D eigenvalue weighted by molar-refractivity contribution is 6.03. The van der Waals surface area contributed by atoms with E-state index in [1.165, 1.54) is 11.9 Å². The molecule has 5 nitrogen and oxygen atoms in total. The molecule has 0 aliphatic rings. The Hall–Kier alpha value is -2.43. The molecule has 22 heavy (non-hydrogen) atoms. The van der Waals surface area contributed by atoms with Crippen molar-refractivity contribution in [3.63, 3.8) is 0 Å². The van der Waals surface area contributed by atoms with Gasteiger partial charge in [0, 0.05) is 17.3 Å². The topological polar surface area (TPSA) is 66.9 Å². The maximum atomic E-state index is 12.3. The lowest BCUT2D eigenvalue weighted by molar-refractivity contribution is 0.102. The smallest absolute Gasteiger partial charge is 0.274 e. The molecule has 116 valence electrons. The quantitative estimate of drug-likeness (QED) is 0.909. The van der Waals surface area contributed by atoms with Gasteiger partial charge in [-0.25, -0.2) is 9.97 Å². The van der Waals surface area contributed by atoms with Crippen LogP contribution >= 0.6 is 0 Å². The van der Waals surface area contributed by atoms with E-state index in [9.17, 15) is 4.79 Å². The standard InChI is InChI=1S/C17H22N4O/c1-11-6-7-13(8-12(11)2)20-16(22)14-9-15(19-10-18-14)21-17(3,4)5/h6-10H,1-5H3,(H,20,22)(H,18,19,21). The molecule has 0 aliphatic carbocycles. The van der Waals surface area contributed by atoms with Gasteiger partial charge >= 0.3 is 0 Å². The number of benzene rings is 1. The molecule has 0 aliphatic heterocycles. The molecule has 1 heterocycles. The van der Waals surface area contributed by atoms with E-state index in [1.807, 2.05) is 52.8 Å². The second-order valence-corrected chi connectivity index (χ2v) is 6.42. The van der Waals surface area contributed by atoms with Gasteiger partial charge in [-0.15, -0.1) is 0 Å². The number of anilines is 2. The summed E-state index contributed by atoms with van der Waals surface area (Å²) < 4.78 is 0. The molecular weight excluding hydrogens is 276 g/mol. The predicted octanol–water partition coefficient (Wildman–Crippen LogP) is 3.56. The molecule has 1 amide bonds. The highest BCUT2D eigenvalue weighted by Gasteiger charge is 2.13. The van der Waals surface area contributed by atoms with Gasteiger partial charge in [0.25, 0.3) is 5.91 Å². The van der Waals surface area contributed by atoms with Crippen molar-refractivity contribution in [1.29, 1.82) is 0 Å². The van der Waals surface area contributed by atoms with Gasteiger partial charge in [-0.2, -0.15) is 0 Å². The fourth-order valence-electron chi connectivity index (χ4n) is 1.95. The zero-order valence-electron chi connectivity index (χ0n) is 13.7. The monoisotopic (exact) mass is 298 g/mol. The molecule has 2 aromatic rings. The van der Waals surface area contributed by atoms with Crippen LogP contribution in [0.25, 0.3) is 0 Å². The number of aryl methyl sites for hydroxylation is 2. The fraction of sp³-hybridized carbons (Fsp3) is 0.353. The molecule has 0 radical (unpaired) electrons. The number of carbonyl (C=O) groups is 1. The van der Waals surface area contributed by atoms with Gasteiger partial charge in [-0.1, -0.05) is 6.07 Å². The summed E-state index contributed by atoms with van der Waals surface area (Å²) >= 11 is 0. The maximum Gasteiger partial charge on any atom is 0.274 e. The van der Waals surface area contributed by atoms with Crippen molar-refractivity contribution in [1.82, 2.24) is 9.97 Å². The Morgan fingerprint density at radius 1 is 1.05 bits per heavy atom. The highest BCUT2D eigenvalue weighted by atomic mass is 16.1. The molecule has 1 aromatic carbocycles. The third kappa shape index (κ3) is 4.28. The van der Waals surface area contributed by atoms with E-state index in [4.69, 9.17) is 0 Å². The first-order valence-electron chi connectivity index (χ1n) is 7.23. The lowest BCUT2D eigenvalue weighted by Crippen LogP contribution is -2.27. The van der Waals surface area contributed by atoms with E-state index in [0.29, 0.717) is 11.5 Å². The molecule has 0 saturated heterocycles. The Morgan fingerprint density at radius 2 is 1.77 bits per heavy atom. The number of aromatic nitrogens is 2. The SMILES string of the molecule is Cc1ccc(NC(=O)c2cc(NC(C)(C)C)ncn2)cc1C. The number of hydrogen-bond donors (Lipinski definition) is 2. The van der Waals surface area contributed by atoms with Crippen LogP contribution in [0.1, 0.15) is 42.4 Å². The van der Waals surface area contributed by atoms with E-state index in [-0.39, 0.29) is 11.4 Å². The van der Waals surface area contributed by atoms with Crippen molar-refractivity contribution < 1.29 is 4.79 Å². The van der Waals surface area contributed by atoms with Crippen LogP contribution in [0.15, 0.2) is 30.6 Å². The number of amides is 1. The van der Waals surface area contributed by atoms with Crippen molar-refractivity contribution in [3.8, 4) is 0 Å². The lowest BCUT2D eigenvalue weighted by atomic mass is 10.1. The van der Waals surface area contributed by atoms with E-state index in [1.54, 1.807) is 6.07 Å². The first-order valence-corrected chi connectivity index (χ1v) is 7.23. The zero-order chi connectivity index (χ0) is 16.3. The van der Waals surface area contributed by atoms with Crippen LogP contribution in [0.4, 0.5) is 11.5 Å². The van der Waals surface area contributed by atoms with Gasteiger partial charge in [0.1, 0.15) is 17.8 Å². The fourth-order valence-corrected chi connectivity index (χ4v) is 1.95. The molecule has 0 unspecified atom stereocenters. The first kappa shape index (κ1) is 15.9. The van der Waals surface area contributed by atoms with Crippen LogP contribution in [-0.2, 0) is 0 Å². The average Bonchev–Trinajstić information content (AvgIpc) is 2.41. The number of rotatable bonds is 3. The van der Waals surface area contributed by atoms with Crippen LogP contribution in [0.5, 0.6) is 0 Å². The van der Waals surface area contributed by atoms with Crippen LogP contribution in [0, 0.1) is 13.8 Å². The van der Waals surface area contributed by atoms with E-state index >= 15 is 0 Å². The lowest BCUT2D eigenvalue weighted by Gasteiger charge is -2.21. The van der Waals surface area contributed by atoms with Gasteiger partial charge in [-0.05, 0) is 57.9 Å². The minimum absolute atomic E-state index is 0.129. The molecule has 0 fully saturated rings. The molecular formula is C17H22N4O. The third-order valence-electron chi connectivity index (χ3n) is 3.17. The summed E-state index contributed by atoms with van der Waals surface area (Å²) in [5, 5.41) is 6.09. The number of hydrogen-bond acceptors (Lipinski definition) is 4. The molecule has 0 atom stereocenters. The normalized spacial score (nSPS) is 11.1. The Morgan fingerprint density at radius 3 is 2.41 bits per heavy atom. The van der Waals surface area contributed by atoms with Crippen molar-refractivity contribution in [2.75, 3.05) is 10.6 Å². The van der Waals surface area contributed by atoms with Crippen molar-refractivity contribution in [3.05, 3.63) is 47.4 Å². The van der Waals surface area contributed by atoms with Crippen molar-refractivity contribution in [2.24, 2.45) is 0 Å². The molecule has 5 heteroatoms. The zero-order valence-corrected chi connectivity index (χ0v) is 13.7. The van der Waals surface area contributed by atoms with Gasteiger partial charge in [0.2, 0.25) is 0 Å². The first-order chi connectivity index (χ1) is 10.2. The average molecular weight is 298 g/mol. The van der Waals surface area contributed by atoms with Gasteiger partial charge < -0.3 is 10.6 Å². The second kappa shape index (κ2) is 6.13. The highest BCUT2D eigenvalue weighted by Crippen LogP contribution is 2.16. The molecule has 0 spiro atoms. The molecule has 0 bridgehead atoms. The van der Waals surface area contributed by atoms with E-state index < -0.39 is 0 Å². The summed E-state index contributed by atoms with van der Waals surface area (Å²) in [7, 11) is 0. The van der Waals surface area contributed by atoms with Crippen LogP contribution in [0.3, 0.4) is 0 Å². The van der Waals surface area contributed by atoms with Crippen LogP contribution in [-0.4, -0.2) is 21.4 Å². The molecule has 2 N–H and O–H groups in total. The third-order valence-corrected chi connectivity index (χ3v) is 3.17. The maximum absolute atomic E-state index is 12.3. The van der Waals surface area contributed by atoms with Gasteiger partial charge in [0.05, 0.1) is 0 Å². The second-order valence-electron chi connectivity index (χ2n) is 6.42.